The summed E-state index contributed by atoms with van der Waals surface area (Å²) in [6, 6.07) is 0. The lowest BCUT2D eigenvalue weighted by molar-refractivity contribution is 0.368. The summed E-state index contributed by atoms with van der Waals surface area (Å²) < 4.78 is 5.42. The molecule has 0 N–H and O–H groups in total. The molecule has 0 radical (unpaired) electrons. The smallest absolute Gasteiger partial charge is 0.144 e. The molecular formula is C17H25Cl2NO. The molecule has 118 valence electrons. The van der Waals surface area contributed by atoms with Gasteiger partial charge in [-0.2, -0.15) is 0 Å². The number of allylic oxidation sites excluding steroid dienone is 5. The van der Waals surface area contributed by atoms with Crippen LogP contribution in [-0.2, 0) is 5.88 Å². The number of hydrogen-bond acceptors (Lipinski definition) is 2. The maximum absolute atomic E-state index is 6.30. The van der Waals surface area contributed by atoms with E-state index in [-0.39, 0.29) is 5.92 Å². The van der Waals surface area contributed by atoms with Crippen molar-refractivity contribution >= 4 is 28.8 Å². The van der Waals surface area contributed by atoms with Crippen LogP contribution < -0.4 is 0 Å². The minimum absolute atomic E-state index is 0.224. The molecule has 21 heavy (non-hydrogen) atoms. The van der Waals surface area contributed by atoms with E-state index in [4.69, 9.17) is 27.7 Å². The van der Waals surface area contributed by atoms with Gasteiger partial charge in [0.05, 0.1) is 10.9 Å². The van der Waals surface area contributed by atoms with Gasteiger partial charge >= 0.3 is 0 Å². The highest BCUT2D eigenvalue weighted by molar-refractivity contribution is 6.35. The molecule has 0 bridgehead atoms. The van der Waals surface area contributed by atoms with E-state index in [2.05, 4.69) is 11.7 Å². The fourth-order valence-corrected chi connectivity index (χ4v) is 2.49. The zero-order valence-corrected chi connectivity index (χ0v) is 15.3. The first-order chi connectivity index (χ1) is 9.93. The van der Waals surface area contributed by atoms with Gasteiger partial charge in [-0.3, -0.25) is 0 Å². The Bertz CT molecular complexity index is 525. The van der Waals surface area contributed by atoms with E-state index in [0.29, 0.717) is 16.6 Å². The van der Waals surface area contributed by atoms with E-state index >= 15 is 0 Å². The first-order valence-electron chi connectivity index (χ1n) is 7.17. The molecule has 1 rings (SSSR count). The van der Waals surface area contributed by atoms with E-state index < -0.39 is 0 Å². The van der Waals surface area contributed by atoms with E-state index in [9.17, 15) is 0 Å². The minimum atomic E-state index is 0.224. The normalized spacial score (nSPS) is 12.2. The summed E-state index contributed by atoms with van der Waals surface area (Å²) in [6.07, 6.45) is 3.68. The fraction of sp³-hybridized carbons (Fsp3) is 0.471. The van der Waals surface area contributed by atoms with Gasteiger partial charge in [0.1, 0.15) is 11.5 Å². The monoisotopic (exact) mass is 329 g/mol. The van der Waals surface area contributed by atoms with Crippen LogP contribution in [0, 0.1) is 0 Å². The maximum Gasteiger partial charge on any atom is 0.144 e. The molecule has 0 amide bonds. The average molecular weight is 330 g/mol. The van der Waals surface area contributed by atoms with Crippen LogP contribution in [0.15, 0.2) is 33.9 Å². The van der Waals surface area contributed by atoms with Crippen LogP contribution in [0.3, 0.4) is 0 Å². The average Bonchev–Trinajstić information content (AvgIpc) is 2.84. The first kappa shape index (κ1) is 20.0. The summed E-state index contributed by atoms with van der Waals surface area (Å²) in [4.78, 5) is 0. The molecule has 0 fully saturated rings. The molecule has 0 aliphatic carbocycles. The summed E-state index contributed by atoms with van der Waals surface area (Å²) in [7, 11) is 0. The molecule has 0 spiro atoms. The highest BCUT2D eigenvalue weighted by Crippen LogP contribution is 2.34. The number of alkyl halides is 1. The number of nitrogens with zero attached hydrogens (tertiary/aromatic N) is 1. The quantitative estimate of drug-likeness (QED) is 0.445. The van der Waals surface area contributed by atoms with Gasteiger partial charge in [-0.05, 0) is 25.5 Å². The van der Waals surface area contributed by atoms with Crippen molar-refractivity contribution in [3.05, 3.63) is 46.4 Å². The molecule has 0 aliphatic rings. The minimum Gasteiger partial charge on any atom is -0.360 e. The third-order valence-electron chi connectivity index (χ3n) is 2.69. The molecule has 1 aromatic heterocycles. The van der Waals surface area contributed by atoms with Crippen molar-refractivity contribution in [2.75, 3.05) is 0 Å². The van der Waals surface area contributed by atoms with Crippen LogP contribution in [0.5, 0.6) is 0 Å². The molecular weight excluding hydrogens is 305 g/mol. The fourth-order valence-electron chi connectivity index (χ4n) is 1.85. The zero-order chi connectivity index (χ0) is 16.6. The Kier molecular flexibility index (Phi) is 9.39. The van der Waals surface area contributed by atoms with Crippen LogP contribution in [0.25, 0.3) is 5.57 Å². The van der Waals surface area contributed by atoms with E-state index in [1.807, 2.05) is 53.7 Å². The Balaban J connectivity index is 0.00000191. The molecule has 0 aliphatic heterocycles. The van der Waals surface area contributed by atoms with Gasteiger partial charge < -0.3 is 4.52 Å². The highest BCUT2D eigenvalue weighted by Gasteiger charge is 2.22. The van der Waals surface area contributed by atoms with Gasteiger partial charge in [0, 0.05) is 17.1 Å². The lowest BCUT2D eigenvalue weighted by Crippen LogP contribution is -1.96. The van der Waals surface area contributed by atoms with E-state index in [0.717, 1.165) is 22.5 Å². The molecule has 0 unspecified atom stereocenters. The van der Waals surface area contributed by atoms with Crippen molar-refractivity contribution in [1.82, 2.24) is 5.16 Å². The Hall–Kier alpha value is -0.990. The molecule has 1 aromatic rings. The highest BCUT2D eigenvalue weighted by atomic mass is 35.5. The summed E-state index contributed by atoms with van der Waals surface area (Å²) in [5, 5.41) is 4.72. The van der Waals surface area contributed by atoms with Crippen LogP contribution in [-0.4, -0.2) is 5.16 Å². The Morgan fingerprint density at radius 3 is 2.33 bits per heavy atom. The zero-order valence-electron chi connectivity index (χ0n) is 13.8. The predicted molar refractivity (Wildman–Crippen MR) is 93.9 cm³/mol. The third kappa shape index (κ3) is 5.05. The second kappa shape index (κ2) is 9.86. The number of aromatic nitrogens is 1. The molecule has 2 nitrogen and oxygen atoms in total. The Labute approximate surface area is 138 Å². The summed E-state index contributed by atoms with van der Waals surface area (Å²) in [6.45, 7) is 15.8. The molecule has 0 saturated heterocycles. The van der Waals surface area contributed by atoms with Crippen LogP contribution in [0.1, 0.15) is 64.5 Å². The van der Waals surface area contributed by atoms with Crippen LogP contribution >= 0.6 is 23.2 Å². The van der Waals surface area contributed by atoms with Crippen molar-refractivity contribution < 1.29 is 4.52 Å². The maximum atomic E-state index is 6.30. The van der Waals surface area contributed by atoms with Gasteiger partial charge in [0.2, 0.25) is 0 Å². The number of halogens is 2. The molecule has 0 aromatic carbocycles. The summed E-state index contributed by atoms with van der Waals surface area (Å²) in [5.74, 6) is 1.36. The van der Waals surface area contributed by atoms with Crippen LogP contribution in [0.4, 0.5) is 0 Å². The molecule has 4 heteroatoms. The van der Waals surface area contributed by atoms with E-state index in [1.165, 1.54) is 0 Å². The van der Waals surface area contributed by atoms with Gasteiger partial charge in [0.15, 0.2) is 0 Å². The molecule has 0 atom stereocenters. The second-order valence-electron chi connectivity index (χ2n) is 4.67. The first-order valence-corrected chi connectivity index (χ1v) is 8.08. The van der Waals surface area contributed by atoms with Crippen molar-refractivity contribution in [3.63, 3.8) is 0 Å². The van der Waals surface area contributed by atoms with Crippen molar-refractivity contribution in [2.45, 2.75) is 53.3 Å². The topological polar surface area (TPSA) is 26.0 Å². The van der Waals surface area contributed by atoms with Gasteiger partial charge in [-0.15, -0.1) is 11.6 Å². The summed E-state index contributed by atoms with van der Waals surface area (Å²) >= 11 is 12.3. The Morgan fingerprint density at radius 2 is 1.95 bits per heavy atom. The summed E-state index contributed by atoms with van der Waals surface area (Å²) in [5.41, 5.74) is 3.19. The lowest BCUT2D eigenvalue weighted by Gasteiger charge is -2.08. The number of rotatable bonds is 5. The second-order valence-corrected chi connectivity index (χ2v) is 5.34. The molecule has 0 saturated carbocycles. The largest absolute Gasteiger partial charge is 0.360 e. The molecule has 1 heterocycles. The van der Waals surface area contributed by atoms with E-state index in [1.54, 1.807) is 0 Å². The Morgan fingerprint density at radius 1 is 1.38 bits per heavy atom. The predicted octanol–water partition coefficient (Wildman–Crippen LogP) is 6.67. The van der Waals surface area contributed by atoms with Gasteiger partial charge in [-0.1, -0.05) is 57.1 Å². The van der Waals surface area contributed by atoms with Crippen LogP contribution in [0.2, 0.25) is 0 Å². The van der Waals surface area contributed by atoms with Crippen molar-refractivity contribution in [3.8, 4) is 0 Å². The van der Waals surface area contributed by atoms with Gasteiger partial charge in [-0.25, -0.2) is 0 Å². The number of hydrogen-bond donors (Lipinski definition) is 0. The third-order valence-corrected chi connectivity index (χ3v) is 3.27. The lowest BCUT2D eigenvalue weighted by atomic mass is 9.98. The SMILES string of the molecule is C=C(C)/C(=C(Cl)\C=C/C)c1noc(C(C)C)c1CCl.CC. The van der Waals surface area contributed by atoms with Crippen molar-refractivity contribution in [1.29, 1.82) is 0 Å². The van der Waals surface area contributed by atoms with Crippen molar-refractivity contribution in [2.24, 2.45) is 0 Å². The van der Waals surface area contributed by atoms with Gasteiger partial charge in [0.25, 0.3) is 0 Å². The standard InChI is InChI=1S/C15H19Cl2NO.C2H6/c1-6-7-12(17)13(9(2)3)14-11(8-16)15(10(4)5)19-18-14;1-2/h6-7,10H,2,8H2,1,3-5H3;1-2H3/b7-6-,13-12-;.